The van der Waals surface area contributed by atoms with Crippen LogP contribution in [0.4, 0.5) is 0 Å². The number of ether oxygens (including phenoxy) is 2. The van der Waals surface area contributed by atoms with Crippen molar-refractivity contribution in [2.24, 2.45) is 5.73 Å². The normalized spacial score (nSPS) is 14.4. The average molecular weight is 239 g/mol. The highest BCUT2D eigenvalue weighted by Crippen LogP contribution is 2.28. The summed E-state index contributed by atoms with van der Waals surface area (Å²) < 4.78 is 10.2. The first-order chi connectivity index (χ1) is 8.08. The van der Waals surface area contributed by atoms with Crippen LogP contribution in [-0.4, -0.2) is 32.0 Å². The van der Waals surface area contributed by atoms with Crippen molar-refractivity contribution in [1.82, 2.24) is 0 Å². The van der Waals surface area contributed by atoms with Crippen LogP contribution < -0.4 is 10.5 Å². The van der Waals surface area contributed by atoms with E-state index in [2.05, 4.69) is 0 Å². The van der Waals surface area contributed by atoms with Crippen LogP contribution in [0.5, 0.6) is 5.75 Å². The summed E-state index contributed by atoms with van der Waals surface area (Å²) in [5, 5.41) is 10.1. The van der Waals surface area contributed by atoms with Crippen LogP contribution in [-0.2, 0) is 4.74 Å². The Hall–Kier alpha value is -1.10. The van der Waals surface area contributed by atoms with E-state index in [1.54, 1.807) is 14.2 Å². The van der Waals surface area contributed by atoms with Gasteiger partial charge in [0, 0.05) is 18.7 Å². The Labute approximate surface area is 102 Å². The molecule has 3 N–H and O–H groups in total. The number of rotatable bonds is 6. The van der Waals surface area contributed by atoms with Crippen molar-refractivity contribution >= 4 is 0 Å². The van der Waals surface area contributed by atoms with Gasteiger partial charge in [0.2, 0.25) is 0 Å². The molecule has 1 aromatic carbocycles. The minimum Gasteiger partial charge on any atom is -0.496 e. The van der Waals surface area contributed by atoms with Gasteiger partial charge in [-0.2, -0.15) is 0 Å². The lowest BCUT2D eigenvalue weighted by Gasteiger charge is -2.18. The number of methoxy groups -OCH3 is 2. The molecular formula is C13H21NO3. The van der Waals surface area contributed by atoms with Crippen molar-refractivity contribution in [3.05, 3.63) is 29.3 Å². The minimum absolute atomic E-state index is 0.180. The van der Waals surface area contributed by atoms with E-state index >= 15 is 0 Å². The van der Waals surface area contributed by atoms with Crippen LogP contribution in [0.3, 0.4) is 0 Å². The van der Waals surface area contributed by atoms with Gasteiger partial charge < -0.3 is 20.3 Å². The van der Waals surface area contributed by atoms with E-state index < -0.39 is 6.10 Å². The zero-order valence-electron chi connectivity index (χ0n) is 10.6. The lowest BCUT2D eigenvalue weighted by atomic mass is 10.00. The molecule has 4 heteroatoms. The van der Waals surface area contributed by atoms with Crippen LogP contribution in [0.1, 0.15) is 23.7 Å². The summed E-state index contributed by atoms with van der Waals surface area (Å²) in [6, 6.07) is 5.54. The SMILES string of the molecule is COCC(N)CC(O)c1cc(C)ccc1OC. The van der Waals surface area contributed by atoms with Gasteiger partial charge in [0.25, 0.3) is 0 Å². The molecule has 2 atom stereocenters. The third-order valence-electron chi connectivity index (χ3n) is 2.65. The molecule has 1 aromatic rings. The second-order valence-electron chi connectivity index (χ2n) is 4.21. The topological polar surface area (TPSA) is 64.7 Å². The molecule has 0 fully saturated rings. The van der Waals surface area contributed by atoms with Gasteiger partial charge in [0.05, 0.1) is 19.8 Å². The minimum atomic E-state index is -0.630. The number of aliphatic hydroxyl groups excluding tert-OH is 1. The molecular weight excluding hydrogens is 218 g/mol. The molecule has 1 rings (SSSR count). The second-order valence-corrected chi connectivity index (χ2v) is 4.21. The van der Waals surface area contributed by atoms with E-state index in [1.807, 2.05) is 25.1 Å². The van der Waals surface area contributed by atoms with E-state index in [9.17, 15) is 5.11 Å². The monoisotopic (exact) mass is 239 g/mol. The van der Waals surface area contributed by atoms with Crippen molar-refractivity contribution < 1.29 is 14.6 Å². The van der Waals surface area contributed by atoms with Crippen LogP contribution in [0.25, 0.3) is 0 Å². The Balaban J connectivity index is 2.79. The highest BCUT2D eigenvalue weighted by molar-refractivity contribution is 5.38. The molecule has 0 saturated heterocycles. The number of aliphatic hydroxyl groups is 1. The quantitative estimate of drug-likeness (QED) is 0.787. The van der Waals surface area contributed by atoms with Gasteiger partial charge >= 0.3 is 0 Å². The Morgan fingerprint density at radius 2 is 2.06 bits per heavy atom. The molecule has 0 bridgehead atoms. The van der Waals surface area contributed by atoms with Gasteiger partial charge in [0.1, 0.15) is 5.75 Å². The molecule has 2 unspecified atom stereocenters. The molecule has 17 heavy (non-hydrogen) atoms. The van der Waals surface area contributed by atoms with Gasteiger partial charge in [-0.25, -0.2) is 0 Å². The van der Waals surface area contributed by atoms with Crippen LogP contribution >= 0.6 is 0 Å². The first-order valence-electron chi connectivity index (χ1n) is 5.65. The summed E-state index contributed by atoms with van der Waals surface area (Å²) in [7, 11) is 3.19. The molecule has 0 amide bonds. The molecule has 4 nitrogen and oxygen atoms in total. The number of benzene rings is 1. The van der Waals surface area contributed by atoms with Gasteiger partial charge in [-0.3, -0.25) is 0 Å². The van der Waals surface area contributed by atoms with Crippen LogP contribution in [0.2, 0.25) is 0 Å². The zero-order chi connectivity index (χ0) is 12.8. The summed E-state index contributed by atoms with van der Waals surface area (Å²) in [4.78, 5) is 0. The van der Waals surface area contributed by atoms with E-state index in [1.165, 1.54) is 0 Å². The molecule has 0 heterocycles. The van der Waals surface area contributed by atoms with Crippen molar-refractivity contribution in [3.63, 3.8) is 0 Å². The molecule has 0 aliphatic heterocycles. The number of nitrogens with two attached hydrogens (primary N) is 1. The van der Waals surface area contributed by atoms with Gasteiger partial charge in [0.15, 0.2) is 0 Å². The number of aryl methyl sites for hydroxylation is 1. The third-order valence-corrected chi connectivity index (χ3v) is 2.65. The third kappa shape index (κ3) is 4.00. The van der Waals surface area contributed by atoms with Gasteiger partial charge in [-0.05, 0) is 25.5 Å². The smallest absolute Gasteiger partial charge is 0.124 e. The van der Waals surface area contributed by atoms with Crippen LogP contribution in [0.15, 0.2) is 18.2 Å². The van der Waals surface area contributed by atoms with Crippen molar-refractivity contribution in [2.75, 3.05) is 20.8 Å². The predicted octanol–water partition coefficient (Wildman–Crippen LogP) is 1.40. The first-order valence-corrected chi connectivity index (χ1v) is 5.65. The second kappa shape index (κ2) is 6.59. The molecule has 0 saturated carbocycles. The molecule has 0 aliphatic carbocycles. The summed E-state index contributed by atoms with van der Waals surface area (Å²) in [5.41, 5.74) is 7.69. The Kier molecular flexibility index (Phi) is 5.41. The Morgan fingerprint density at radius 1 is 1.35 bits per heavy atom. The predicted molar refractivity (Wildman–Crippen MR) is 67.2 cm³/mol. The lowest BCUT2D eigenvalue weighted by molar-refractivity contribution is 0.120. The zero-order valence-corrected chi connectivity index (χ0v) is 10.6. The Bertz CT molecular complexity index is 355. The molecule has 0 spiro atoms. The van der Waals surface area contributed by atoms with E-state index in [0.29, 0.717) is 18.8 Å². The maximum atomic E-state index is 10.1. The fourth-order valence-electron chi connectivity index (χ4n) is 1.81. The van der Waals surface area contributed by atoms with Crippen molar-refractivity contribution in [3.8, 4) is 5.75 Å². The van der Waals surface area contributed by atoms with E-state index in [4.69, 9.17) is 15.2 Å². The molecule has 0 aromatic heterocycles. The summed E-state index contributed by atoms with van der Waals surface area (Å²) in [6.07, 6.45) is -0.178. The highest BCUT2D eigenvalue weighted by atomic mass is 16.5. The van der Waals surface area contributed by atoms with Crippen molar-refractivity contribution in [1.29, 1.82) is 0 Å². The largest absolute Gasteiger partial charge is 0.496 e. The maximum Gasteiger partial charge on any atom is 0.124 e. The lowest BCUT2D eigenvalue weighted by Crippen LogP contribution is -2.27. The molecule has 0 radical (unpaired) electrons. The van der Waals surface area contributed by atoms with Gasteiger partial charge in [-0.15, -0.1) is 0 Å². The fourth-order valence-corrected chi connectivity index (χ4v) is 1.81. The number of hydrogen-bond acceptors (Lipinski definition) is 4. The van der Waals surface area contributed by atoms with E-state index in [0.717, 1.165) is 11.1 Å². The standard InChI is InChI=1S/C13H21NO3/c1-9-4-5-13(17-3)11(6-9)12(15)7-10(14)8-16-2/h4-6,10,12,15H,7-8,14H2,1-3H3. The number of hydrogen-bond donors (Lipinski definition) is 2. The summed E-state index contributed by atoms with van der Waals surface area (Å²) in [5.74, 6) is 0.688. The fraction of sp³-hybridized carbons (Fsp3) is 0.538. The maximum absolute atomic E-state index is 10.1. The van der Waals surface area contributed by atoms with Crippen LogP contribution in [0, 0.1) is 6.92 Å². The first kappa shape index (κ1) is 14.0. The summed E-state index contributed by atoms with van der Waals surface area (Å²) in [6.45, 7) is 2.41. The van der Waals surface area contributed by atoms with Crippen molar-refractivity contribution in [2.45, 2.75) is 25.5 Å². The molecule has 96 valence electrons. The summed E-state index contributed by atoms with van der Waals surface area (Å²) >= 11 is 0. The van der Waals surface area contributed by atoms with E-state index in [-0.39, 0.29) is 6.04 Å². The average Bonchev–Trinajstić information content (AvgIpc) is 2.29. The Morgan fingerprint density at radius 3 is 2.65 bits per heavy atom. The molecule has 0 aliphatic rings. The van der Waals surface area contributed by atoms with Gasteiger partial charge in [-0.1, -0.05) is 11.6 Å². The highest BCUT2D eigenvalue weighted by Gasteiger charge is 2.16.